The second kappa shape index (κ2) is 10.7. The van der Waals surface area contributed by atoms with Crippen LogP contribution in [0.15, 0.2) is 67.3 Å². The summed E-state index contributed by atoms with van der Waals surface area (Å²) in [7, 11) is 1.65. The van der Waals surface area contributed by atoms with Crippen molar-refractivity contribution in [1.29, 1.82) is 0 Å². The molecule has 9 nitrogen and oxygen atoms in total. The van der Waals surface area contributed by atoms with Gasteiger partial charge in [-0.1, -0.05) is 29.3 Å². The zero-order valence-corrected chi connectivity index (χ0v) is 21.0. The summed E-state index contributed by atoms with van der Waals surface area (Å²) in [6, 6.07) is 1.70. The molecule has 2 aromatic heterocycles. The highest BCUT2D eigenvalue weighted by Crippen LogP contribution is 2.26. The van der Waals surface area contributed by atoms with E-state index in [4.69, 9.17) is 29.0 Å². The Balaban J connectivity index is 1.83. The molecule has 1 aliphatic carbocycles. The number of nitrogens with one attached hydrogen (secondary N) is 1. The minimum atomic E-state index is -0.860. The number of aromatic nitrogens is 4. The van der Waals surface area contributed by atoms with Crippen molar-refractivity contribution < 1.29 is 8.78 Å². The van der Waals surface area contributed by atoms with Crippen molar-refractivity contribution in [2.75, 3.05) is 12.4 Å². The molecule has 1 aromatic carbocycles. The molecule has 0 fully saturated rings. The van der Waals surface area contributed by atoms with Crippen LogP contribution in [0.3, 0.4) is 0 Å². The number of anilines is 1. The number of nitrogens with two attached hydrogens (primary N) is 1. The van der Waals surface area contributed by atoms with Crippen LogP contribution in [0.25, 0.3) is 0 Å². The summed E-state index contributed by atoms with van der Waals surface area (Å²) in [6.45, 7) is -0.598. The lowest BCUT2D eigenvalue weighted by atomic mass is 10.1. The molecule has 2 heterocycles. The standard InChI is InChI=1S/C22H19Cl2F2N7O2S/c1-31(27)7-12-2-3-15(23)19(4-12)29-20-30-21(34)33(9-14-10-36-11-28-14)22(35)32(20)8-13-5-18(26)16(24)6-17(13)25/h3-7,10-11H,2,8-9,27H2,1H3,(H,29,30,34)/b12-7+. The maximum atomic E-state index is 14.6. The molecule has 4 rings (SSSR count). The second-order valence-electron chi connectivity index (χ2n) is 7.82. The molecule has 0 aliphatic heterocycles. The minimum absolute atomic E-state index is 0.148. The van der Waals surface area contributed by atoms with Crippen LogP contribution in [0.2, 0.25) is 5.02 Å². The lowest BCUT2D eigenvalue weighted by Gasteiger charge is -2.19. The Morgan fingerprint density at radius 3 is 2.69 bits per heavy atom. The SMILES string of the molecule is CN(N)/C=C1/C=C(Nc2nc(=O)n(Cc3cscn3)c(=O)n2Cc2cc(F)c(Cl)cc2F)C(Cl)=CC1. The number of rotatable bonds is 7. The average molecular weight is 554 g/mol. The van der Waals surface area contributed by atoms with E-state index >= 15 is 0 Å². The van der Waals surface area contributed by atoms with Crippen LogP contribution in [0, 0.1) is 11.6 Å². The van der Waals surface area contributed by atoms with E-state index in [1.54, 1.807) is 36.3 Å². The quantitative estimate of drug-likeness (QED) is 0.262. The number of hydrazine groups is 1. The van der Waals surface area contributed by atoms with E-state index in [1.807, 2.05) is 0 Å². The molecule has 0 saturated heterocycles. The van der Waals surface area contributed by atoms with Gasteiger partial charge < -0.3 is 10.3 Å². The average Bonchev–Trinajstić information content (AvgIpc) is 3.32. The Morgan fingerprint density at radius 1 is 1.22 bits per heavy atom. The molecule has 0 atom stereocenters. The summed E-state index contributed by atoms with van der Waals surface area (Å²) in [4.78, 5) is 34.3. The van der Waals surface area contributed by atoms with Gasteiger partial charge in [0.1, 0.15) is 11.6 Å². The fourth-order valence-electron chi connectivity index (χ4n) is 3.43. The summed E-state index contributed by atoms with van der Waals surface area (Å²) in [5.41, 5.74) is 1.30. The highest BCUT2D eigenvalue weighted by atomic mass is 35.5. The Labute approximate surface area is 217 Å². The molecule has 0 radical (unpaired) electrons. The third-order valence-electron chi connectivity index (χ3n) is 5.09. The van der Waals surface area contributed by atoms with E-state index in [1.165, 1.54) is 16.3 Å². The van der Waals surface area contributed by atoms with Gasteiger partial charge >= 0.3 is 11.4 Å². The number of benzene rings is 1. The van der Waals surface area contributed by atoms with Gasteiger partial charge in [-0.25, -0.2) is 33.8 Å². The molecule has 188 valence electrons. The van der Waals surface area contributed by atoms with E-state index in [9.17, 15) is 18.4 Å². The maximum Gasteiger partial charge on any atom is 0.355 e. The first-order valence-corrected chi connectivity index (χ1v) is 12.1. The number of hydrogen-bond acceptors (Lipinski definition) is 8. The van der Waals surface area contributed by atoms with Gasteiger partial charge in [-0.15, -0.1) is 11.3 Å². The summed E-state index contributed by atoms with van der Waals surface area (Å²) in [5, 5.41) is 5.83. The van der Waals surface area contributed by atoms with Gasteiger partial charge in [-0.3, -0.25) is 4.57 Å². The zero-order chi connectivity index (χ0) is 26.0. The van der Waals surface area contributed by atoms with Gasteiger partial charge in [0, 0.05) is 24.2 Å². The molecule has 3 aromatic rings. The van der Waals surface area contributed by atoms with Gasteiger partial charge in [0.2, 0.25) is 5.95 Å². The van der Waals surface area contributed by atoms with Gasteiger partial charge in [-0.05, 0) is 30.2 Å². The molecule has 0 unspecified atom stereocenters. The summed E-state index contributed by atoms with van der Waals surface area (Å²) >= 11 is 13.3. The third kappa shape index (κ3) is 5.73. The maximum absolute atomic E-state index is 14.6. The van der Waals surface area contributed by atoms with Crippen molar-refractivity contribution >= 4 is 40.5 Å². The first-order valence-electron chi connectivity index (χ1n) is 10.4. The van der Waals surface area contributed by atoms with E-state index in [0.717, 1.165) is 26.8 Å². The fourth-order valence-corrected chi connectivity index (χ4v) is 4.31. The van der Waals surface area contributed by atoms with E-state index in [2.05, 4.69) is 15.3 Å². The van der Waals surface area contributed by atoms with Crippen LogP contribution >= 0.6 is 34.5 Å². The Morgan fingerprint density at radius 2 is 2.00 bits per heavy atom. The highest BCUT2D eigenvalue weighted by Gasteiger charge is 2.20. The van der Waals surface area contributed by atoms with Crippen molar-refractivity contribution in [2.45, 2.75) is 19.5 Å². The van der Waals surface area contributed by atoms with Gasteiger partial charge in [0.25, 0.3) is 0 Å². The first-order chi connectivity index (χ1) is 17.1. The number of allylic oxidation sites excluding steroid dienone is 4. The molecule has 0 bridgehead atoms. The predicted octanol–water partition coefficient (Wildman–Crippen LogP) is 3.40. The third-order valence-corrected chi connectivity index (χ3v) is 6.37. The molecule has 0 amide bonds. The molecule has 36 heavy (non-hydrogen) atoms. The molecule has 1 aliphatic rings. The Kier molecular flexibility index (Phi) is 7.69. The minimum Gasteiger partial charge on any atom is -0.324 e. The summed E-state index contributed by atoms with van der Waals surface area (Å²) in [6.07, 6.45) is 5.54. The van der Waals surface area contributed by atoms with Crippen molar-refractivity contribution in [1.82, 2.24) is 24.1 Å². The molecule has 3 N–H and O–H groups in total. The van der Waals surface area contributed by atoms with Crippen LogP contribution < -0.4 is 22.5 Å². The monoisotopic (exact) mass is 553 g/mol. The van der Waals surface area contributed by atoms with Crippen molar-refractivity contribution in [2.24, 2.45) is 5.84 Å². The van der Waals surface area contributed by atoms with Crippen molar-refractivity contribution in [3.63, 3.8) is 0 Å². The largest absolute Gasteiger partial charge is 0.355 e. The van der Waals surface area contributed by atoms with Crippen LogP contribution in [0.4, 0.5) is 14.7 Å². The molecular formula is C22H19Cl2F2N7O2S. The lowest BCUT2D eigenvalue weighted by Crippen LogP contribution is -2.43. The van der Waals surface area contributed by atoms with Crippen molar-refractivity contribution in [3.05, 3.63) is 107 Å². The van der Waals surface area contributed by atoms with E-state index in [-0.39, 0.29) is 18.1 Å². The van der Waals surface area contributed by atoms with E-state index in [0.29, 0.717) is 22.8 Å². The summed E-state index contributed by atoms with van der Waals surface area (Å²) in [5.74, 6) is 3.78. The van der Waals surface area contributed by atoms with Crippen molar-refractivity contribution in [3.8, 4) is 0 Å². The molecular weight excluding hydrogens is 535 g/mol. The van der Waals surface area contributed by atoms with Crippen LogP contribution in [0.1, 0.15) is 17.7 Å². The van der Waals surface area contributed by atoms with Gasteiger partial charge in [0.05, 0.1) is 40.0 Å². The summed E-state index contributed by atoms with van der Waals surface area (Å²) < 4.78 is 30.6. The molecule has 14 heteroatoms. The smallest absolute Gasteiger partial charge is 0.324 e. The topological polar surface area (TPSA) is 111 Å². The van der Waals surface area contributed by atoms with E-state index < -0.39 is 34.6 Å². The number of nitrogens with zero attached hydrogens (tertiary/aromatic N) is 5. The zero-order valence-electron chi connectivity index (χ0n) is 18.7. The molecule has 0 saturated carbocycles. The normalized spacial score (nSPS) is 14.6. The highest BCUT2D eigenvalue weighted by molar-refractivity contribution is 7.07. The number of thiazole rings is 1. The second-order valence-corrected chi connectivity index (χ2v) is 9.35. The van der Waals surface area contributed by atoms with Crippen LogP contribution in [-0.2, 0) is 13.1 Å². The van der Waals surface area contributed by atoms with Crippen LogP contribution in [0.5, 0.6) is 0 Å². The fraction of sp³-hybridized carbons (Fsp3) is 0.182. The van der Waals surface area contributed by atoms with Gasteiger partial charge in [0.15, 0.2) is 0 Å². The number of hydrogen-bond donors (Lipinski definition) is 2. The predicted molar refractivity (Wildman–Crippen MR) is 135 cm³/mol. The lowest BCUT2D eigenvalue weighted by molar-refractivity contribution is 0.481. The first kappa shape index (κ1) is 25.8. The van der Waals surface area contributed by atoms with Crippen LogP contribution in [-0.4, -0.2) is 31.2 Å². The Hall–Kier alpha value is -3.32. The number of halogens is 4. The Bertz CT molecular complexity index is 1510. The van der Waals surface area contributed by atoms with Gasteiger partial charge in [-0.2, -0.15) is 4.98 Å². The molecule has 0 spiro atoms.